The number of rotatable bonds is 1. The van der Waals surface area contributed by atoms with Crippen LogP contribution < -0.4 is 4.90 Å². The molecule has 1 aliphatic rings. The van der Waals surface area contributed by atoms with Gasteiger partial charge in [0.1, 0.15) is 0 Å². The summed E-state index contributed by atoms with van der Waals surface area (Å²) >= 11 is 0. The van der Waals surface area contributed by atoms with Crippen molar-refractivity contribution in [3.63, 3.8) is 0 Å². The summed E-state index contributed by atoms with van der Waals surface area (Å²) in [6, 6.07) is 13.1. The minimum atomic E-state index is -0.0313. The molecule has 2 aromatic rings. The van der Waals surface area contributed by atoms with Gasteiger partial charge < -0.3 is 4.90 Å². The van der Waals surface area contributed by atoms with Crippen LogP contribution in [0.15, 0.2) is 42.5 Å². The molecule has 3 rings (SSSR count). The zero-order valence-corrected chi connectivity index (χ0v) is 12.2. The van der Waals surface area contributed by atoms with Crippen molar-refractivity contribution in [3.05, 3.63) is 64.7 Å². The molecule has 21 heavy (non-hydrogen) atoms. The van der Waals surface area contributed by atoms with E-state index < -0.39 is 0 Å². The molecule has 0 radical (unpaired) electrons. The molecule has 0 saturated heterocycles. The monoisotopic (exact) mass is 279 g/mol. The molecule has 0 fully saturated rings. The van der Waals surface area contributed by atoms with Crippen LogP contribution in [-0.4, -0.2) is 18.2 Å². The van der Waals surface area contributed by atoms with E-state index >= 15 is 0 Å². The first-order valence-corrected chi connectivity index (χ1v) is 7.10. The van der Waals surface area contributed by atoms with Crippen LogP contribution in [0.2, 0.25) is 0 Å². The molecule has 1 aliphatic heterocycles. The quantitative estimate of drug-likeness (QED) is 0.800. The van der Waals surface area contributed by atoms with Crippen molar-refractivity contribution < 1.29 is 9.59 Å². The fourth-order valence-electron chi connectivity index (χ4n) is 2.75. The Hall–Kier alpha value is -2.42. The molecule has 0 spiro atoms. The molecule has 0 aromatic heterocycles. The van der Waals surface area contributed by atoms with E-state index in [0.29, 0.717) is 24.1 Å². The lowest BCUT2D eigenvalue weighted by molar-refractivity contribution is 0.0955. The first kappa shape index (κ1) is 13.6. The average molecular weight is 279 g/mol. The smallest absolute Gasteiger partial charge is 0.258 e. The predicted octanol–water partition coefficient (Wildman–Crippen LogP) is 3.54. The number of aryl methyl sites for hydroxylation is 1. The van der Waals surface area contributed by atoms with Gasteiger partial charge in [-0.05, 0) is 43.2 Å². The number of nitrogens with zero attached hydrogens (tertiary/aromatic N) is 1. The molecule has 3 nitrogen and oxygen atoms in total. The first-order chi connectivity index (χ1) is 10.1. The van der Waals surface area contributed by atoms with Gasteiger partial charge in [0, 0.05) is 24.1 Å². The van der Waals surface area contributed by atoms with Crippen LogP contribution >= 0.6 is 0 Å². The number of Topliss-reactive ketones (excluding diaryl/α,β-unsaturated/α-hetero) is 1. The largest absolute Gasteiger partial charge is 0.307 e. The van der Waals surface area contributed by atoms with E-state index in [-0.39, 0.29) is 11.7 Å². The Balaban J connectivity index is 2.05. The molecular formula is C18H17NO2. The van der Waals surface area contributed by atoms with Gasteiger partial charge >= 0.3 is 0 Å². The molecule has 106 valence electrons. The van der Waals surface area contributed by atoms with Crippen LogP contribution in [-0.2, 0) is 0 Å². The van der Waals surface area contributed by atoms with Crippen LogP contribution in [0.25, 0.3) is 0 Å². The number of benzene rings is 2. The standard InChI is InChI=1S/C18H17NO2/c1-12-6-5-8-14(13(12)2)18(21)19-11-10-17(20)15-7-3-4-9-16(15)19/h3-9H,10-11H2,1-2H3. The lowest BCUT2D eigenvalue weighted by Crippen LogP contribution is -2.37. The number of hydrogen-bond donors (Lipinski definition) is 0. The molecule has 2 aromatic carbocycles. The zero-order valence-electron chi connectivity index (χ0n) is 12.2. The highest BCUT2D eigenvalue weighted by molar-refractivity contribution is 6.13. The SMILES string of the molecule is Cc1cccc(C(=O)N2CCC(=O)c3ccccc32)c1C. The summed E-state index contributed by atoms with van der Waals surface area (Å²) in [4.78, 5) is 26.6. The summed E-state index contributed by atoms with van der Waals surface area (Å²) in [6.45, 7) is 4.41. The molecular weight excluding hydrogens is 262 g/mol. The van der Waals surface area contributed by atoms with E-state index in [0.717, 1.165) is 16.8 Å². The fourth-order valence-corrected chi connectivity index (χ4v) is 2.75. The minimum absolute atomic E-state index is 0.0313. The van der Waals surface area contributed by atoms with E-state index in [1.807, 2.05) is 50.2 Å². The van der Waals surface area contributed by atoms with Crippen LogP contribution in [0, 0.1) is 13.8 Å². The Morgan fingerprint density at radius 1 is 1.05 bits per heavy atom. The van der Waals surface area contributed by atoms with Crippen molar-refractivity contribution >= 4 is 17.4 Å². The Labute approximate surface area is 124 Å². The maximum atomic E-state index is 12.9. The van der Waals surface area contributed by atoms with Gasteiger partial charge in [-0.3, -0.25) is 9.59 Å². The van der Waals surface area contributed by atoms with Crippen LogP contribution in [0.5, 0.6) is 0 Å². The number of para-hydroxylation sites is 1. The van der Waals surface area contributed by atoms with Crippen molar-refractivity contribution in [2.45, 2.75) is 20.3 Å². The molecule has 0 unspecified atom stereocenters. The first-order valence-electron chi connectivity index (χ1n) is 7.10. The third kappa shape index (κ3) is 2.25. The number of anilines is 1. The highest BCUT2D eigenvalue weighted by atomic mass is 16.2. The van der Waals surface area contributed by atoms with Gasteiger partial charge in [-0.15, -0.1) is 0 Å². The van der Waals surface area contributed by atoms with E-state index in [2.05, 4.69) is 0 Å². The van der Waals surface area contributed by atoms with Crippen molar-refractivity contribution in [2.75, 3.05) is 11.4 Å². The highest BCUT2D eigenvalue weighted by Crippen LogP contribution is 2.29. The van der Waals surface area contributed by atoms with Crippen molar-refractivity contribution in [1.82, 2.24) is 0 Å². The van der Waals surface area contributed by atoms with Crippen molar-refractivity contribution in [3.8, 4) is 0 Å². The summed E-state index contributed by atoms with van der Waals surface area (Å²) in [5, 5.41) is 0. The second-order valence-corrected chi connectivity index (χ2v) is 5.39. The predicted molar refractivity (Wildman–Crippen MR) is 83.0 cm³/mol. The highest BCUT2D eigenvalue weighted by Gasteiger charge is 2.28. The van der Waals surface area contributed by atoms with Crippen LogP contribution in [0.4, 0.5) is 5.69 Å². The maximum absolute atomic E-state index is 12.9. The number of ketones is 1. The van der Waals surface area contributed by atoms with Gasteiger partial charge in [0.15, 0.2) is 5.78 Å². The molecule has 0 saturated carbocycles. The zero-order chi connectivity index (χ0) is 15.0. The maximum Gasteiger partial charge on any atom is 0.258 e. The third-order valence-electron chi connectivity index (χ3n) is 4.14. The van der Waals surface area contributed by atoms with Gasteiger partial charge in [0.05, 0.1) is 5.69 Å². The van der Waals surface area contributed by atoms with E-state index in [4.69, 9.17) is 0 Å². The molecule has 0 atom stereocenters. The summed E-state index contributed by atoms with van der Waals surface area (Å²) in [5.74, 6) is 0.0757. The van der Waals surface area contributed by atoms with E-state index in [1.54, 1.807) is 11.0 Å². The number of carbonyl (C=O) groups is 2. The second kappa shape index (κ2) is 5.17. The van der Waals surface area contributed by atoms with E-state index in [9.17, 15) is 9.59 Å². The summed E-state index contributed by atoms with van der Waals surface area (Å²) in [5.41, 5.74) is 4.17. The Morgan fingerprint density at radius 2 is 1.81 bits per heavy atom. The molecule has 1 amide bonds. The minimum Gasteiger partial charge on any atom is -0.307 e. The van der Waals surface area contributed by atoms with Crippen LogP contribution in [0.1, 0.15) is 38.3 Å². The molecule has 0 aliphatic carbocycles. The number of hydrogen-bond acceptors (Lipinski definition) is 2. The van der Waals surface area contributed by atoms with Gasteiger partial charge in [0.2, 0.25) is 0 Å². The van der Waals surface area contributed by atoms with Gasteiger partial charge in [-0.25, -0.2) is 0 Å². The summed E-state index contributed by atoms with van der Waals surface area (Å²) < 4.78 is 0. The van der Waals surface area contributed by atoms with Crippen molar-refractivity contribution in [1.29, 1.82) is 0 Å². The Morgan fingerprint density at radius 3 is 2.62 bits per heavy atom. The topological polar surface area (TPSA) is 37.4 Å². The molecule has 3 heteroatoms. The molecule has 0 N–H and O–H groups in total. The van der Waals surface area contributed by atoms with Gasteiger partial charge in [-0.2, -0.15) is 0 Å². The lowest BCUT2D eigenvalue weighted by Gasteiger charge is -2.29. The number of carbonyl (C=O) groups excluding carboxylic acids is 2. The van der Waals surface area contributed by atoms with Gasteiger partial charge in [0.25, 0.3) is 5.91 Å². The number of amides is 1. The summed E-state index contributed by atoms with van der Waals surface area (Å²) in [7, 11) is 0. The second-order valence-electron chi connectivity index (χ2n) is 5.39. The number of fused-ring (bicyclic) bond motifs is 1. The molecule has 0 bridgehead atoms. The van der Waals surface area contributed by atoms with Gasteiger partial charge in [-0.1, -0.05) is 24.3 Å². The average Bonchev–Trinajstić information content (AvgIpc) is 2.50. The lowest BCUT2D eigenvalue weighted by atomic mass is 9.97. The van der Waals surface area contributed by atoms with Crippen molar-refractivity contribution in [2.24, 2.45) is 0 Å². The van der Waals surface area contributed by atoms with Crippen LogP contribution in [0.3, 0.4) is 0 Å². The Kier molecular flexibility index (Phi) is 3.34. The third-order valence-corrected chi connectivity index (χ3v) is 4.14. The fraction of sp³-hybridized carbons (Fsp3) is 0.222. The molecule has 1 heterocycles. The Bertz CT molecular complexity index is 734. The summed E-state index contributed by atoms with van der Waals surface area (Å²) in [6.07, 6.45) is 0.383. The normalized spacial score (nSPS) is 14.0. The van der Waals surface area contributed by atoms with E-state index in [1.165, 1.54) is 0 Å².